The van der Waals surface area contributed by atoms with Gasteiger partial charge < -0.3 is 4.42 Å². The zero-order valence-corrected chi connectivity index (χ0v) is 15.9. The lowest BCUT2D eigenvalue weighted by molar-refractivity contribution is 0.669. The monoisotopic (exact) mass is 364 g/mol. The minimum atomic E-state index is -0.655. The van der Waals surface area contributed by atoms with Crippen LogP contribution in [0.4, 0.5) is 0 Å². The standard InChI is InChI=1S/C26H21NO/c1-17(2)19-12-13-27-24(15-19)21-9-11-25-23(14-21)22-10-8-20(16-26(22)28-25)18-6-4-3-5-7-18/h3-17H,1-2H3/i17D. The third-order valence-electron chi connectivity index (χ3n) is 5.21. The van der Waals surface area contributed by atoms with E-state index in [1.807, 2.05) is 56.3 Å². The van der Waals surface area contributed by atoms with Gasteiger partial charge in [-0.05, 0) is 65.0 Å². The molecule has 0 fully saturated rings. The molecule has 0 saturated heterocycles. The first kappa shape index (κ1) is 15.6. The Labute approximate surface area is 165 Å². The molecule has 0 amide bonds. The summed E-state index contributed by atoms with van der Waals surface area (Å²) < 4.78 is 14.4. The maximum atomic E-state index is 8.29. The summed E-state index contributed by atoms with van der Waals surface area (Å²) in [6.07, 6.45) is 1.78. The van der Waals surface area contributed by atoms with E-state index < -0.39 is 5.89 Å². The van der Waals surface area contributed by atoms with Gasteiger partial charge in [0.25, 0.3) is 0 Å². The highest BCUT2D eigenvalue weighted by atomic mass is 16.3. The van der Waals surface area contributed by atoms with E-state index in [0.29, 0.717) is 0 Å². The summed E-state index contributed by atoms with van der Waals surface area (Å²) >= 11 is 0. The van der Waals surface area contributed by atoms with E-state index >= 15 is 0 Å². The lowest BCUT2D eigenvalue weighted by atomic mass is 10.00. The average molecular weight is 364 g/mol. The molecule has 2 heterocycles. The predicted octanol–water partition coefficient (Wildman–Crippen LogP) is 7.44. The Morgan fingerprint density at radius 2 is 1.57 bits per heavy atom. The zero-order valence-electron chi connectivity index (χ0n) is 16.9. The number of nitrogens with zero attached hydrogens (tertiary/aromatic N) is 1. The lowest BCUT2D eigenvalue weighted by Crippen LogP contribution is -1.90. The van der Waals surface area contributed by atoms with E-state index in [4.69, 9.17) is 5.79 Å². The van der Waals surface area contributed by atoms with E-state index in [0.717, 1.165) is 44.3 Å². The van der Waals surface area contributed by atoms with Crippen molar-refractivity contribution in [3.8, 4) is 22.4 Å². The molecule has 0 aliphatic heterocycles. The molecule has 3 aromatic carbocycles. The highest BCUT2D eigenvalue weighted by Crippen LogP contribution is 2.34. The van der Waals surface area contributed by atoms with Gasteiger partial charge in [-0.25, -0.2) is 0 Å². The molecular formula is C26H21NO. The van der Waals surface area contributed by atoms with Crippen molar-refractivity contribution in [3.05, 3.63) is 90.6 Å². The fourth-order valence-electron chi connectivity index (χ4n) is 3.65. The van der Waals surface area contributed by atoms with Crippen molar-refractivity contribution >= 4 is 21.9 Å². The highest BCUT2D eigenvalue weighted by Gasteiger charge is 2.11. The van der Waals surface area contributed by atoms with Crippen LogP contribution in [0, 0.1) is 0 Å². The number of rotatable bonds is 3. The van der Waals surface area contributed by atoms with Gasteiger partial charge in [0.2, 0.25) is 0 Å². The van der Waals surface area contributed by atoms with Crippen molar-refractivity contribution in [3.63, 3.8) is 0 Å². The SMILES string of the molecule is [2H]C(C)(C)c1ccnc(-c2ccc3oc4cc(-c5ccccc5)ccc4c3c2)c1. The number of furan rings is 1. The number of hydrogen-bond donors (Lipinski definition) is 0. The zero-order chi connectivity index (χ0) is 20.0. The Morgan fingerprint density at radius 3 is 2.39 bits per heavy atom. The molecule has 0 saturated carbocycles. The summed E-state index contributed by atoms with van der Waals surface area (Å²) in [5.74, 6) is -0.655. The van der Waals surface area contributed by atoms with E-state index in [1.54, 1.807) is 6.20 Å². The maximum Gasteiger partial charge on any atom is 0.136 e. The first-order valence-corrected chi connectivity index (χ1v) is 9.48. The Bertz CT molecular complexity index is 1330. The second-order valence-electron chi connectivity index (χ2n) is 7.32. The summed E-state index contributed by atoms with van der Waals surface area (Å²) in [5, 5.41) is 2.17. The van der Waals surface area contributed by atoms with Gasteiger partial charge in [-0.2, -0.15) is 0 Å². The third kappa shape index (κ3) is 2.87. The Kier molecular flexibility index (Phi) is 3.71. The summed E-state index contributed by atoms with van der Waals surface area (Å²) in [6.45, 7) is 3.78. The number of aromatic nitrogens is 1. The largest absolute Gasteiger partial charge is 0.456 e. The van der Waals surface area contributed by atoms with E-state index in [-0.39, 0.29) is 0 Å². The van der Waals surface area contributed by atoms with Crippen LogP contribution in [0.1, 0.15) is 26.7 Å². The first-order chi connectivity index (χ1) is 14.0. The van der Waals surface area contributed by atoms with Crippen LogP contribution in [0.15, 0.2) is 89.5 Å². The smallest absolute Gasteiger partial charge is 0.136 e. The Balaban J connectivity index is 1.63. The summed E-state index contributed by atoms with van der Waals surface area (Å²) in [7, 11) is 0. The minimum absolute atomic E-state index is 0.655. The van der Waals surface area contributed by atoms with Gasteiger partial charge >= 0.3 is 0 Å². The molecule has 0 unspecified atom stereocenters. The molecule has 0 atom stereocenters. The summed E-state index contributed by atoms with van der Waals surface area (Å²) in [6, 6.07) is 26.8. The summed E-state index contributed by atoms with van der Waals surface area (Å²) in [4.78, 5) is 4.53. The fraction of sp³-hybridized carbons (Fsp3) is 0.115. The van der Waals surface area contributed by atoms with Crippen LogP contribution >= 0.6 is 0 Å². The third-order valence-corrected chi connectivity index (χ3v) is 5.21. The first-order valence-electron chi connectivity index (χ1n) is 9.98. The fourth-order valence-corrected chi connectivity index (χ4v) is 3.65. The van der Waals surface area contributed by atoms with Crippen molar-refractivity contribution in [2.24, 2.45) is 0 Å². The maximum absolute atomic E-state index is 8.29. The molecule has 0 aliphatic carbocycles. The number of fused-ring (bicyclic) bond motifs is 3. The van der Waals surface area contributed by atoms with Crippen molar-refractivity contribution < 1.29 is 5.79 Å². The number of hydrogen-bond acceptors (Lipinski definition) is 2. The molecule has 0 spiro atoms. The van der Waals surface area contributed by atoms with Gasteiger partial charge in [0.05, 0.1) is 5.69 Å². The Hall–Kier alpha value is -3.39. The molecular weight excluding hydrogens is 342 g/mol. The molecule has 0 aliphatic rings. The molecule has 0 N–H and O–H groups in total. The molecule has 5 rings (SSSR count). The van der Waals surface area contributed by atoms with Crippen LogP contribution in [0.2, 0.25) is 0 Å². The van der Waals surface area contributed by atoms with Crippen LogP contribution < -0.4 is 0 Å². The second kappa shape index (κ2) is 6.65. The van der Waals surface area contributed by atoms with Crippen molar-refractivity contribution in [2.75, 3.05) is 0 Å². The minimum Gasteiger partial charge on any atom is -0.456 e. The molecule has 2 nitrogen and oxygen atoms in total. The second-order valence-corrected chi connectivity index (χ2v) is 7.32. The topological polar surface area (TPSA) is 26.0 Å². The van der Waals surface area contributed by atoms with Gasteiger partial charge in [-0.15, -0.1) is 0 Å². The molecule has 0 bridgehead atoms. The summed E-state index contributed by atoms with van der Waals surface area (Å²) in [5.41, 5.74) is 6.92. The number of pyridine rings is 1. The van der Waals surface area contributed by atoms with Gasteiger partial charge in [-0.1, -0.05) is 50.2 Å². The van der Waals surface area contributed by atoms with Gasteiger partial charge in [0.1, 0.15) is 11.2 Å². The highest BCUT2D eigenvalue weighted by molar-refractivity contribution is 6.07. The molecule has 0 radical (unpaired) electrons. The van der Waals surface area contributed by atoms with Crippen LogP contribution in [-0.4, -0.2) is 4.98 Å². The quantitative estimate of drug-likeness (QED) is 0.332. The molecule has 136 valence electrons. The van der Waals surface area contributed by atoms with E-state index in [2.05, 4.69) is 41.4 Å². The van der Waals surface area contributed by atoms with Gasteiger partial charge in [0, 0.05) is 23.9 Å². The van der Waals surface area contributed by atoms with Gasteiger partial charge in [0.15, 0.2) is 0 Å². The van der Waals surface area contributed by atoms with Crippen LogP contribution in [0.5, 0.6) is 0 Å². The van der Waals surface area contributed by atoms with Crippen LogP contribution in [0.25, 0.3) is 44.3 Å². The van der Waals surface area contributed by atoms with Crippen molar-refractivity contribution in [2.45, 2.75) is 19.7 Å². The van der Waals surface area contributed by atoms with Crippen molar-refractivity contribution in [1.29, 1.82) is 0 Å². The van der Waals surface area contributed by atoms with E-state index in [1.165, 1.54) is 5.56 Å². The lowest BCUT2D eigenvalue weighted by Gasteiger charge is -2.07. The van der Waals surface area contributed by atoms with Crippen molar-refractivity contribution in [1.82, 2.24) is 4.98 Å². The molecule has 2 heteroatoms. The van der Waals surface area contributed by atoms with Crippen LogP contribution in [0.3, 0.4) is 0 Å². The predicted molar refractivity (Wildman–Crippen MR) is 116 cm³/mol. The van der Waals surface area contributed by atoms with E-state index in [9.17, 15) is 0 Å². The molecule has 5 aromatic rings. The number of benzene rings is 3. The van der Waals surface area contributed by atoms with Gasteiger partial charge in [-0.3, -0.25) is 4.98 Å². The average Bonchev–Trinajstić information content (AvgIpc) is 3.11. The Morgan fingerprint density at radius 1 is 0.750 bits per heavy atom. The molecule has 28 heavy (non-hydrogen) atoms. The molecule has 2 aromatic heterocycles. The van der Waals surface area contributed by atoms with Crippen LogP contribution in [-0.2, 0) is 0 Å². The normalized spacial score (nSPS) is 12.4.